The zero-order chi connectivity index (χ0) is 13.1. The van der Waals surface area contributed by atoms with Crippen molar-refractivity contribution in [2.24, 2.45) is 0 Å². The van der Waals surface area contributed by atoms with Crippen molar-refractivity contribution in [2.75, 3.05) is 5.32 Å². The number of nitrogens with one attached hydrogen (secondary N) is 1. The molecule has 2 rings (SSSR count). The molecule has 1 aromatic heterocycles. The molecular weight excluding hydrogens is 236 g/mol. The lowest BCUT2D eigenvalue weighted by Gasteiger charge is -2.12. The van der Waals surface area contributed by atoms with Gasteiger partial charge in [0.05, 0.1) is 10.6 Å². The summed E-state index contributed by atoms with van der Waals surface area (Å²) < 4.78 is 4.57. The number of anilines is 1. The maximum atomic E-state index is 10.8. The number of fused-ring (bicyclic) bond motifs is 1. The molecular formula is C11H12N4O3. The van der Waals surface area contributed by atoms with E-state index in [1.807, 2.05) is 6.92 Å². The Balaban J connectivity index is 2.41. The molecule has 94 valence electrons. The Morgan fingerprint density at radius 2 is 2.28 bits per heavy atom. The van der Waals surface area contributed by atoms with Crippen molar-refractivity contribution in [2.45, 2.75) is 19.4 Å². The van der Waals surface area contributed by atoms with E-state index in [2.05, 4.69) is 26.8 Å². The summed E-state index contributed by atoms with van der Waals surface area (Å²) in [5.41, 5.74) is 1.05. The van der Waals surface area contributed by atoms with Crippen molar-refractivity contribution in [3.63, 3.8) is 0 Å². The van der Waals surface area contributed by atoms with Crippen LogP contribution in [0.3, 0.4) is 0 Å². The summed E-state index contributed by atoms with van der Waals surface area (Å²) in [6.45, 7) is 5.63. The van der Waals surface area contributed by atoms with E-state index >= 15 is 0 Å². The topological polar surface area (TPSA) is 94.1 Å². The van der Waals surface area contributed by atoms with Crippen molar-refractivity contribution in [1.29, 1.82) is 0 Å². The number of nitro groups is 1. The Hall–Kier alpha value is -2.44. The number of non-ortho nitro benzene ring substituents is 1. The molecule has 2 aromatic rings. The first-order valence-corrected chi connectivity index (χ1v) is 5.40. The first-order valence-electron chi connectivity index (χ1n) is 5.40. The van der Waals surface area contributed by atoms with Crippen LogP contribution in [0.5, 0.6) is 0 Å². The Kier molecular flexibility index (Phi) is 3.22. The van der Waals surface area contributed by atoms with Gasteiger partial charge in [0.15, 0.2) is 5.52 Å². The maximum Gasteiger partial charge on any atom is 0.300 e. The standard InChI is InChI=1S/C11H12N4O3/c1-3-4-7(2)12-8-5-6-9(15(16)17)11-10(8)13-18-14-11/h3,5-7,12H,1,4H2,2H3. The highest BCUT2D eigenvalue weighted by Gasteiger charge is 2.19. The van der Waals surface area contributed by atoms with Crippen LogP contribution in [-0.2, 0) is 0 Å². The smallest absolute Gasteiger partial charge is 0.300 e. The monoisotopic (exact) mass is 248 g/mol. The molecule has 0 amide bonds. The molecule has 1 unspecified atom stereocenters. The van der Waals surface area contributed by atoms with Gasteiger partial charge in [-0.25, -0.2) is 4.63 Å². The zero-order valence-corrected chi connectivity index (χ0v) is 9.79. The number of nitrogens with zero attached hydrogens (tertiary/aromatic N) is 3. The molecule has 0 fully saturated rings. The minimum atomic E-state index is -0.510. The van der Waals surface area contributed by atoms with Crippen molar-refractivity contribution < 1.29 is 9.55 Å². The van der Waals surface area contributed by atoms with E-state index in [0.717, 1.165) is 6.42 Å². The number of nitro benzene ring substituents is 1. The molecule has 18 heavy (non-hydrogen) atoms. The largest absolute Gasteiger partial charge is 0.380 e. The molecule has 1 atom stereocenters. The summed E-state index contributed by atoms with van der Waals surface area (Å²) in [5.74, 6) is 0. The minimum absolute atomic E-state index is 0.117. The summed E-state index contributed by atoms with van der Waals surface area (Å²) in [5, 5.41) is 21.3. The quantitative estimate of drug-likeness (QED) is 0.496. The number of hydrogen-bond acceptors (Lipinski definition) is 6. The van der Waals surface area contributed by atoms with Crippen LogP contribution in [-0.4, -0.2) is 21.3 Å². The maximum absolute atomic E-state index is 10.8. The van der Waals surface area contributed by atoms with Gasteiger partial charge >= 0.3 is 5.69 Å². The predicted molar refractivity (Wildman–Crippen MR) is 66.4 cm³/mol. The lowest BCUT2D eigenvalue weighted by molar-refractivity contribution is -0.383. The number of benzene rings is 1. The van der Waals surface area contributed by atoms with Crippen LogP contribution >= 0.6 is 0 Å². The van der Waals surface area contributed by atoms with E-state index in [0.29, 0.717) is 11.2 Å². The molecule has 1 heterocycles. The van der Waals surface area contributed by atoms with Gasteiger partial charge in [0, 0.05) is 12.1 Å². The Bertz CT molecular complexity index is 593. The van der Waals surface area contributed by atoms with Crippen LogP contribution < -0.4 is 5.32 Å². The second-order valence-electron chi connectivity index (χ2n) is 3.92. The molecule has 0 saturated carbocycles. The highest BCUT2D eigenvalue weighted by molar-refractivity contribution is 5.93. The average Bonchev–Trinajstić information content (AvgIpc) is 2.78. The summed E-state index contributed by atoms with van der Waals surface area (Å²) in [7, 11) is 0. The third kappa shape index (κ3) is 2.15. The summed E-state index contributed by atoms with van der Waals surface area (Å²) in [4.78, 5) is 10.3. The molecule has 7 nitrogen and oxygen atoms in total. The predicted octanol–water partition coefficient (Wildman–Crippen LogP) is 2.51. The molecule has 1 N–H and O–H groups in total. The van der Waals surface area contributed by atoms with Gasteiger partial charge in [-0.2, -0.15) is 0 Å². The van der Waals surface area contributed by atoms with Crippen LogP contribution in [0.4, 0.5) is 11.4 Å². The van der Waals surface area contributed by atoms with E-state index < -0.39 is 4.92 Å². The summed E-state index contributed by atoms with van der Waals surface area (Å²) in [6, 6.07) is 3.13. The molecule has 0 aliphatic rings. The highest BCUT2D eigenvalue weighted by atomic mass is 16.6. The van der Waals surface area contributed by atoms with Crippen LogP contribution in [0.1, 0.15) is 13.3 Å². The van der Waals surface area contributed by atoms with E-state index in [-0.39, 0.29) is 17.2 Å². The van der Waals surface area contributed by atoms with Gasteiger partial charge in [0.25, 0.3) is 0 Å². The lowest BCUT2D eigenvalue weighted by atomic mass is 10.2. The van der Waals surface area contributed by atoms with Crippen molar-refractivity contribution >= 4 is 22.4 Å². The molecule has 0 spiro atoms. The lowest BCUT2D eigenvalue weighted by Crippen LogP contribution is -2.14. The number of hydrogen-bond donors (Lipinski definition) is 1. The van der Waals surface area contributed by atoms with E-state index in [1.165, 1.54) is 6.07 Å². The zero-order valence-electron chi connectivity index (χ0n) is 9.79. The van der Waals surface area contributed by atoms with Gasteiger partial charge in [0.2, 0.25) is 5.52 Å². The fraction of sp³-hybridized carbons (Fsp3) is 0.273. The molecule has 0 bridgehead atoms. The molecule has 7 heteroatoms. The van der Waals surface area contributed by atoms with Crippen molar-refractivity contribution in [3.8, 4) is 0 Å². The van der Waals surface area contributed by atoms with Gasteiger partial charge in [0.1, 0.15) is 0 Å². The third-order valence-electron chi connectivity index (χ3n) is 2.51. The van der Waals surface area contributed by atoms with E-state index in [9.17, 15) is 10.1 Å². The summed E-state index contributed by atoms with van der Waals surface area (Å²) in [6.07, 6.45) is 2.56. The van der Waals surface area contributed by atoms with Gasteiger partial charge in [-0.05, 0) is 29.7 Å². The molecule has 0 aliphatic carbocycles. The highest BCUT2D eigenvalue weighted by Crippen LogP contribution is 2.29. The van der Waals surface area contributed by atoms with Crippen LogP contribution in [0, 0.1) is 10.1 Å². The minimum Gasteiger partial charge on any atom is -0.380 e. The second kappa shape index (κ2) is 4.82. The van der Waals surface area contributed by atoms with E-state index in [1.54, 1.807) is 12.1 Å². The Morgan fingerprint density at radius 3 is 2.94 bits per heavy atom. The van der Waals surface area contributed by atoms with Crippen molar-refractivity contribution in [1.82, 2.24) is 10.3 Å². The van der Waals surface area contributed by atoms with E-state index in [4.69, 9.17) is 0 Å². The first-order chi connectivity index (χ1) is 8.63. The SMILES string of the molecule is C=CCC(C)Nc1ccc([N+](=O)[O-])c2nonc12. The number of aromatic nitrogens is 2. The van der Waals surface area contributed by atoms with Gasteiger partial charge in [-0.1, -0.05) is 6.08 Å². The molecule has 0 radical (unpaired) electrons. The third-order valence-corrected chi connectivity index (χ3v) is 2.51. The fourth-order valence-electron chi connectivity index (χ4n) is 1.69. The Morgan fingerprint density at radius 1 is 1.56 bits per heavy atom. The summed E-state index contributed by atoms with van der Waals surface area (Å²) >= 11 is 0. The van der Waals surface area contributed by atoms with Gasteiger partial charge < -0.3 is 5.32 Å². The van der Waals surface area contributed by atoms with Crippen LogP contribution in [0.15, 0.2) is 29.4 Å². The average molecular weight is 248 g/mol. The molecule has 0 saturated heterocycles. The van der Waals surface area contributed by atoms with Crippen molar-refractivity contribution in [3.05, 3.63) is 34.9 Å². The molecule has 0 aliphatic heterocycles. The Labute approximate surface area is 103 Å². The second-order valence-corrected chi connectivity index (χ2v) is 3.92. The van der Waals surface area contributed by atoms with Gasteiger partial charge in [-0.3, -0.25) is 10.1 Å². The van der Waals surface area contributed by atoms with Crippen LogP contribution in [0.2, 0.25) is 0 Å². The van der Waals surface area contributed by atoms with Crippen LogP contribution in [0.25, 0.3) is 11.0 Å². The fourth-order valence-corrected chi connectivity index (χ4v) is 1.69. The molecule has 1 aromatic carbocycles. The first kappa shape index (κ1) is 12.0. The number of rotatable bonds is 5. The van der Waals surface area contributed by atoms with Gasteiger partial charge in [-0.15, -0.1) is 6.58 Å². The normalized spacial score (nSPS) is 12.3.